The van der Waals surface area contributed by atoms with Crippen molar-refractivity contribution in [3.05, 3.63) is 29.3 Å². The average Bonchev–Trinajstić information content (AvgIpc) is 2.46. The molecule has 100 valence electrons. The van der Waals surface area contributed by atoms with Crippen molar-refractivity contribution in [2.45, 2.75) is 38.6 Å². The number of carbonyl (C=O) groups excluding carboxylic acids is 1. The Balaban J connectivity index is 2.17. The van der Waals surface area contributed by atoms with Crippen molar-refractivity contribution in [3.63, 3.8) is 0 Å². The Kier molecular flexibility index (Phi) is 4.40. The Labute approximate surface area is 113 Å². The standard InChI is InChI=1S/C15H19N3O/c1-2-11(8-9-16)18-15(19)13-5-3-7-14-12(13)6-4-10-17-14/h3,5,7,11,17H,2,4,6,8,10H2,1H3,(H,18,19). The molecule has 2 N–H and O–H groups in total. The molecule has 19 heavy (non-hydrogen) atoms. The van der Waals surface area contributed by atoms with Crippen LogP contribution < -0.4 is 10.6 Å². The van der Waals surface area contributed by atoms with Gasteiger partial charge in [0.25, 0.3) is 5.91 Å². The molecule has 2 rings (SSSR count). The van der Waals surface area contributed by atoms with Gasteiger partial charge in [0.1, 0.15) is 0 Å². The van der Waals surface area contributed by atoms with Gasteiger partial charge in [-0.1, -0.05) is 13.0 Å². The van der Waals surface area contributed by atoms with Crippen molar-refractivity contribution >= 4 is 11.6 Å². The highest BCUT2D eigenvalue weighted by atomic mass is 16.1. The first kappa shape index (κ1) is 13.4. The van der Waals surface area contributed by atoms with Crippen LogP contribution in [-0.2, 0) is 6.42 Å². The second-order valence-electron chi connectivity index (χ2n) is 4.80. The quantitative estimate of drug-likeness (QED) is 0.870. The maximum Gasteiger partial charge on any atom is 0.251 e. The van der Waals surface area contributed by atoms with Crippen LogP contribution in [0, 0.1) is 11.3 Å². The lowest BCUT2D eigenvalue weighted by atomic mass is 9.97. The third kappa shape index (κ3) is 3.05. The molecule has 1 aromatic carbocycles. The lowest BCUT2D eigenvalue weighted by Crippen LogP contribution is -2.35. The molecule has 4 nitrogen and oxygen atoms in total. The van der Waals surface area contributed by atoms with E-state index in [2.05, 4.69) is 16.7 Å². The minimum absolute atomic E-state index is 0.0649. The van der Waals surface area contributed by atoms with E-state index in [1.807, 2.05) is 25.1 Å². The molecule has 0 radical (unpaired) electrons. The first-order valence-electron chi connectivity index (χ1n) is 6.79. The zero-order valence-electron chi connectivity index (χ0n) is 11.2. The minimum Gasteiger partial charge on any atom is -0.385 e. The smallest absolute Gasteiger partial charge is 0.251 e. The van der Waals surface area contributed by atoms with Gasteiger partial charge in [0.2, 0.25) is 0 Å². The summed E-state index contributed by atoms with van der Waals surface area (Å²) in [5.41, 5.74) is 2.89. The number of anilines is 1. The van der Waals surface area contributed by atoms with E-state index >= 15 is 0 Å². The van der Waals surface area contributed by atoms with Crippen molar-refractivity contribution < 1.29 is 4.79 Å². The summed E-state index contributed by atoms with van der Waals surface area (Å²) in [6.45, 7) is 2.94. The first-order valence-corrected chi connectivity index (χ1v) is 6.79. The summed E-state index contributed by atoms with van der Waals surface area (Å²) in [7, 11) is 0. The van der Waals surface area contributed by atoms with Crippen LogP contribution in [0.2, 0.25) is 0 Å². The van der Waals surface area contributed by atoms with Crippen LogP contribution in [0.15, 0.2) is 18.2 Å². The van der Waals surface area contributed by atoms with Gasteiger partial charge in [-0.2, -0.15) is 5.26 Å². The van der Waals surface area contributed by atoms with E-state index in [9.17, 15) is 4.79 Å². The molecule has 1 aliphatic heterocycles. The molecule has 0 saturated carbocycles. The van der Waals surface area contributed by atoms with Gasteiger partial charge < -0.3 is 10.6 Å². The van der Waals surface area contributed by atoms with Crippen molar-refractivity contribution in [2.24, 2.45) is 0 Å². The Morgan fingerprint density at radius 2 is 2.42 bits per heavy atom. The fourth-order valence-corrected chi connectivity index (χ4v) is 2.39. The third-order valence-electron chi connectivity index (χ3n) is 3.51. The monoisotopic (exact) mass is 257 g/mol. The maximum absolute atomic E-state index is 12.3. The summed E-state index contributed by atoms with van der Waals surface area (Å²) in [6.07, 6.45) is 3.11. The predicted molar refractivity (Wildman–Crippen MR) is 75.0 cm³/mol. The lowest BCUT2D eigenvalue weighted by Gasteiger charge is -2.21. The molecular formula is C15H19N3O. The summed E-state index contributed by atoms with van der Waals surface area (Å²) < 4.78 is 0. The van der Waals surface area contributed by atoms with E-state index < -0.39 is 0 Å². The van der Waals surface area contributed by atoms with E-state index in [0.717, 1.165) is 42.6 Å². The second kappa shape index (κ2) is 6.24. The molecule has 0 aliphatic carbocycles. The molecule has 1 atom stereocenters. The number of rotatable bonds is 4. The average molecular weight is 257 g/mol. The Bertz CT molecular complexity index is 505. The third-order valence-corrected chi connectivity index (χ3v) is 3.51. The largest absolute Gasteiger partial charge is 0.385 e. The van der Waals surface area contributed by atoms with E-state index in [4.69, 9.17) is 5.26 Å². The number of nitriles is 1. The van der Waals surface area contributed by atoms with Gasteiger partial charge in [0.05, 0.1) is 12.5 Å². The fourth-order valence-electron chi connectivity index (χ4n) is 2.39. The molecule has 1 aliphatic rings. The topological polar surface area (TPSA) is 64.9 Å². The van der Waals surface area contributed by atoms with Crippen molar-refractivity contribution in [1.82, 2.24) is 5.32 Å². The van der Waals surface area contributed by atoms with Crippen LogP contribution >= 0.6 is 0 Å². The van der Waals surface area contributed by atoms with Gasteiger partial charge in [-0.3, -0.25) is 4.79 Å². The second-order valence-corrected chi connectivity index (χ2v) is 4.80. The summed E-state index contributed by atoms with van der Waals surface area (Å²) >= 11 is 0. The van der Waals surface area contributed by atoms with Crippen LogP contribution in [0.4, 0.5) is 5.69 Å². The number of carbonyl (C=O) groups is 1. The highest BCUT2D eigenvalue weighted by molar-refractivity contribution is 5.97. The molecule has 0 spiro atoms. The van der Waals surface area contributed by atoms with Crippen LogP contribution in [0.1, 0.15) is 42.1 Å². The highest BCUT2D eigenvalue weighted by Gasteiger charge is 2.19. The molecule has 1 aromatic rings. The van der Waals surface area contributed by atoms with E-state index in [0.29, 0.717) is 6.42 Å². The van der Waals surface area contributed by atoms with Crippen LogP contribution in [0.25, 0.3) is 0 Å². The van der Waals surface area contributed by atoms with Gasteiger partial charge in [0.15, 0.2) is 0 Å². The van der Waals surface area contributed by atoms with Crippen molar-refractivity contribution in [1.29, 1.82) is 5.26 Å². The van der Waals surface area contributed by atoms with E-state index in [1.54, 1.807) is 0 Å². The van der Waals surface area contributed by atoms with Gasteiger partial charge in [0, 0.05) is 23.8 Å². The van der Waals surface area contributed by atoms with Gasteiger partial charge in [-0.05, 0) is 37.0 Å². The Morgan fingerprint density at radius 1 is 1.58 bits per heavy atom. The Hall–Kier alpha value is -2.02. The van der Waals surface area contributed by atoms with Crippen molar-refractivity contribution in [3.8, 4) is 6.07 Å². The Morgan fingerprint density at radius 3 is 3.16 bits per heavy atom. The predicted octanol–water partition coefficient (Wildman–Crippen LogP) is 2.47. The molecule has 0 fully saturated rings. The zero-order valence-corrected chi connectivity index (χ0v) is 11.2. The van der Waals surface area contributed by atoms with Crippen LogP contribution in [0.3, 0.4) is 0 Å². The fraction of sp³-hybridized carbons (Fsp3) is 0.467. The number of fused-ring (bicyclic) bond motifs is 1. The van der Waals surface area contributed by atoms with E-state index in [1.165, 1.54) is 0 Å². The SMILES string of the molecule is CCC(CC#N)NC(=O)c1cccc2c1CCCN2. The number of benzene rings is 1. The van der Waals surface area contributed by atoms with Gasteiger partial charge in [-0.15, -0.1) is 0 Å². The highest BCUT2D eigenvalue weighted by Crippen LogP contribution is 2.25. The molecule has 0 bridgehead atoms. The number of nitrogens with zero attached hydrogens (tertiary/aromatic N) is 1. The molecule has 1 unspecified atom stereocenters. The van der Waals surface area contributed by atoms with Crippen LogP contribution in [-0.4, -0.2) is 18.5 Å². The summed E-state index contributed by atoms with van der Waals surface area (Å²) in [6, 6.07) is 7.82. The normalized spacial score (nSPS) is 14.7. The summed E-state index contributed by atoms with van der Waals surface area (Å²) in [4.78, 5) is 12.3. The van der Waals surface area contributed by atoms with Gasteiger partial charge in [-0.25, -0.2) is 0 Å². The zero-order chi connectivity index (χ0) is 13.7. The molecule has 0 saturated heterocycles. The summed E-state index contributed by atoms with van der Waals surface area (Å²) in [5.74, 6) is -0.0670. The maximum atomic E-state index is 12.3. The van der Waals surface area contributed by atoms with Gasteiger partial charge >= 0.3 is 0 Å². The molecule has 1 amide bonds. The molecular weight excluding hydrogens is 238 g/mol. The number of nitrogens with one attached hydrogen (secondary N) is 2. The van der Waals surface area contributed by atoms with Crippen molar-refractivity contribution in [2.75, 3.05) is 11.9 Å². The summed E-state index contributed by atoms with van der Waals surface area (Å²) in [5, 5.41) is 15.0. The number of hydrogen-bond donors (Lipinski definition) is 2. The number of hydrogen-bond acceptors (Lipinski definition) is 3. The van der Waals surface area contributed by atoms with Crippen LogP contribution in [0.5, 0.6) is 0 Å². The lowest BCUT2D eigenvalue weighted by molar-refractivity contribution is 0.0935. The van der Waals surface area contributed by atoms with E-state index in [-0.39, 0.29) is 11.9 Å². The molecule has 0 aromatic heterocycles. The first-order chi connectivity index (χ1) is 9.26. The minimum atomic E-state index is -0.0670. The number of amides is 1. The molecule has 1 heterocycles. The molecule has 4 heteroatoms.